The van der Waals surface area contributed by atoms with Crippen molar-refractivity contribution in [2.75, 3.05) is 0 Å². The van der Waals surface area contributed by atoms with Crippen molar-refractivity contribution >= 4 is 34.9 Å². The highest BCUT2D eigenvalue weighted by Crippen LogP contribution is 2.64. The van der Waals surface area contributed by atoms with Crippen LogP contribution in [0.4, 0.5) is 0 Å². The Bertz CT molecular complexity index is 239. The van der Waals surface area contributed by atoms with Gasteiger partial charge < -0.3 is 5.73 Å². The summed E-state index contributed by atoms with van der Waals surface area (Å²) in [7, 11) is 0. The third kappa shape index (κ3) is 1.12. The Balaban J connectivity index is 2.80. The molecule has 1 aliphatic carbocycles. The van der Waals surface area contributed by atoms with E-state index in [0.29, 0.717) is 6.42 Å². The minimum Gasteiger partial charge on any atom is -0.363 e. The van der Waals surface area contributed by atoms with Crippen molar-refractivity contribution in [3.63, 3.8) is 0 Å². The van der Waals surface area contributed by atoms with E-state index in [4.69, 9.17) is 28.9 Å². The molecule has 0 heterocycles. The highest BCUT2D eigenvalue weighted by atomic mass is 35.5. The second kappa shape index (κ2) is 2.11. The zero-order chi connectivity index (χ0) is 8.86. The maximum Gasteiger partial charge on any atom is 0.285 e. The fourth-order valence-corrected chi connectivity index (χ4v) is 1.62. The predicted octanol–water partition coefficient (Wildman–Crippen LogP) is 0.625. The van der Waals surface area contributed by atoms with E-state index >= 15 is 0 Å². The minimum atomic E-state index is -1.10. The molecule has 0 spiro atoms. The summed E-state index contributed by atoms with van der Waals surface area (Å²) in [6, 6.07) is 0. The van der Waals surface area contributed by atoms with Crippen LogP contribution in [0.25, 0.3) is 0 Å². The van der Waals surface area contributed by atoms with Crippen LogP contribution in [-0.2, 0) is 9.59 Å². The van der Waals surface area contributed by atoms with Gasteiger partial charge in [-0.05, 0) is 13.3 Å². The number of halogens is 2. The first kappa shape index (κ1) is 8.81. The van der Waals surface area contributed by atoms with Gasteiger partial charge in [-0.3, -0.25) is 9.59 Å². The summed E-state index contributed by atoms with van der Waals surface area (Å²) in [6.45, 7) is 1.53. The predicted molar refractivity (Wildman–Crippen MR) is 41.4 cm³/mol. The van der Waals surface area contributed by atoms with Crippen LogP contribution in [-0.4, -0.2) is 16.0 Å². The SMILES string of the molecule is C[C@]1(C(=O)C(N)=O)CC1(Cl)Cl. The molecule has 1 rings (SSSR count). The van der Waals surface area contributed by atoms with Crippen LogP contribution < -0.4 is 5.73 Å². The van der Waals surface area contributed by atoms with Crippen molar-refractivity contribution in [2.24, 2.45) is 11.1 Å². The zero-order valence-corrected chi connectivity index (χ0v) is 7.37. The van der Waals surface area contributed by atoms with Gasteiger partial charge in [-0.25, -0.2) is 0 Å². The van der Waals surface area contributed by atoms with Gasteiger partial charge in [0, 0.05) is 0 Å². The molecule has 0 unspecified atom stereocenters. The minimum absolute atomic E-state index is 0.297. The highest BCUT2D eigenvalue weighted by molar-refractivity contribution is 6.56. The van der Waals surface area contributed by atoms with Crippen LogP contribution in [0.1, 0.15) is 13.3 Å². The number of carbonyl (C=O) groups excluding carboxylic acids is 2. The van der Waals surface area contributed by atoms with Gasteiger partial charge in [0.25, 0.3) is 5.91 Å². The molecular formula is C6H7Cl2NO2. The molecule has 0 aromatic heterocycles. The molecule has 0 radical (unpaired) electrons. The molecule has 5 heteroatoms. The molecule has 3 nitrogen and oxygen atoms in total. The van der Waals surface area contributed by atoms with Gasteiger partial charge in [-0.2, -0.15) is 0 Å². The Hall–Kier alpha value is -0.280. The van der Waals surface area contributed by atoms with E-state index in [1.54, 1.807) is 0 Å². The van der Waals surface area contributed by atoms with Crippen LogP contribution in [0, 0.1) is 5.41 Å². The fraction of sp³-hybridized carbons (Fsp3) is 0.667. The summed E-state index contributed by atoms with van der Waals surface area (Å²) in [4.78, 5) is 21.4. The third-order valence-electron chi connectivity index (χ3n) is 1.98. The molecule has 0 aliphatic heterocycles. The maximum absolute atomic E-state index is 11.0. The molecule has 0 saturated heterocycles. The summed E-state index contributed by atoms with van der Waals surface area (Å²) >= 11 is 11.2. The van der Waals surface area contributed by atoms with Crippen LogP contribution in [0.5, 0.6) is 0 Å². The van der Waals surface area contributed by atoms with Crippen LogP contribution >= 0.6 is 23.2 Å². The molecule has 62 valence electrons. The van der Waals surface area contributed by atoms with Crippen molar-refractivity contribution in [1.82, 2.24) is 0 Å². The molecule has 1 fully saturated rings. The first-order chi connectivity index (χ1) is 4.81. The fourth-order valence-electron chi connectivity index (χ4n) is 0.918. The number of carbonyl (C=O) groups is 2. The lowest BCUT2D eigenvalue weighted by Gasteiger charge is -2.06. The number of alkyl halides is 2. The number of primary amides is 1. The topological polar surface area (TPSA) is 60.2 Å². The van der Waals surface area contributed by atoms with Crippen molar-refractivity contribution < 1.29 is 9.59 Å². The van der Waals surface area contributed by atoms with Crippen molar-refractivity contribution in [3.05, 3.63) is 0 Å². The van der Waals surface area contributed by atoms with E-state index < -0.39 is 21.4 Å². The first-order valence-corrected chi connectivity index (χ1v) is 3.79. The second-order valence-electron chi connectivity index (χ2n) is 2.91. The summed E-state index contributed by atoms with van der Waals surface area (Å²) in [5, 5.41) is 0. The lowest BCUT2D eigenvalue weighted by atomic mass is 10.0. The molecule has 1 atom stereocenters. The standard InChI is InChI=1S/C6H7Cl2NO2/c1-5(2-6(5,7)8)3(10)4(9)11/h2H2,1H3,(H2,9,11)/t5-/m1/s1. The molecule has 1 amide bonds. The Morgan fingerprint density at radius 1 is 1.45 bits per heavy atom. The summed E-state index contributed by atoms with van der Waals surface area (Å²) < 4.78 is -1.10. The number of amides is 1. The number of Topliss-reactive ketones (excluding diaryl/α,β-unsaturated/α-hetero) is 1. The van der Waals surface area contributed by atoms with Crippen LogP contribution in [0.15, 0.2) is 0 Å². The molecule has 0 bridgehead atoms. The molecule has 2 N–H and O–H groups in total. The average molecular weight is 196 g/mol. The molecule has 11 heavy (non-hydrogen) atoms. The highest BCUT2D eigenvalue weighted by Gasteiger charge is 2.68. The van der Waals surface area contributed by atoms with E-state index in [9.17, 15) is 9.59 Å². The Kier molecular flexibility index (Phi) is 1.69. The molecule has 0 aromatic rings. The monoisotopic (exact) mass is 195 g/mol. The second-order valence-corrected chi connectivity index (χ2v) is 4.39. The zero-order valence-electron chi connectivity index (χ0n) is 5.86. The van der Waals surface area contributed by atoms with E-state index in [1.165, 1.54) is 6.92 Å². The van der Waals surface area contributed by atoms with Crippen LogP contribution in [0.2, 0.25) is 0 Å². The van der Waals surface area contributed by atoms with Crippen molar-refractivity contribution in [3.8, 4) is 0 Å². The van der Waals surface area contributed by atoms with Crippen LogP contribution in [0.3, 0.4) is 0 Å². The van der Waals surface area contributed by atoms with Gasteiger partial charge in [0.05, 0.1) is 5.41 Å². The number of rotatable bonds is 2. The lowest BCUT2D eigenvalue weighted by Crippen LogP contribution is -2.32. The largest absolute Gasteiger partial charge is 0.363 e. The summed E-state index contributed by atoms with van der Waals surface area (Å²) in [5.74, 6) is -1.67. The van der Waals surface area contributed by atoms with E-state index in [2.05, 4.69) is 0 Å². The summed E-state index contributed by atoms with van der Waals surface area (Å²) in [5.41, 5.74) is 3.82. The van der Waals surface area contributed by atoms with Gasteiger partial charge in [-0.15, -0.1) is 23.2 Å². The third-order valence-corrected chi connectivity index (χ3v) is 3.08. The number of nitrogens with two attached hydrogens (primary N) is 1. The maximum atomic E-state index is 11.0. The van der Waals surface area contributed by atoms with Crippen molar-refractivity contribution in [2.45, 2.75) is 17.7 Å². The quantitative estimate of drug-likeness (QED) is 0.519. The number of ketones is 1. The first-order valence-electron chi connectivity index (χ1n) is 3.03. The van der Waals surface area contributed by atoms with Gasteiger partial charge in [-0.1, -0.05) is 0 Å². The molecule has 1 saturated carbocycles. The van der Waals surface area contributed by atoms with Gasteiger partial charge in [0.1, 0.15) is 4.33 Å². The van der Waals surface area contributed by atoms with Gasteiger partial charge in [0.15, 0.2) is 0 Å². The van der Waals surface area contributed by atoms with Gasteiger partial charge in [0.2, 0.25) is 5.78 Å². The molecular weight excluding hydrogens is 189 g/mol. The normalized spacial score (nSPS) is 33.0. The molecule has 0 aromatic carbocycles. The smallest absolute Gasteiger partial charge is 0.285 e. The molecule has 1 aliphatic rings. The Labute approximate surface area is 73.8 Å². The van der Waals surface area contributed by atoms with Gasteiger partial charge >= 0.3 is 0 Å². The Morgan fingerprint density at radius 3 is 1.91 bits per heavy atom. The van der Waals surface area contributed by atoms with E-state index in [-0.39, 0.29) is 0 Å². The lowest BCUT2D eigenvalue weighted by molar-refractivity contribution is -0.138. The summed E-state index contributed by atoms with van der Waals surface area (Å²) in [6.07, 6.45) is 0.297. The number of hydrogen-bond donors (Lipinski definition) is 1. The van der Waals surface area contributed by atoms with Crippen molar-refractivity contribution in [1.29, 1.82) is 0 Å². The Morgan fingerprint density at radius 2 is 1.82 bits per heavy atom. The van der Waals surface area contributed by atoms with E-state index in [0.717, 1.165) is 0 Å². The average Bonchev–Trinajstić information content (AvgIpc) is 2.32. The van der Waals surface area contributed by atoms with E-state index in [1.807, 2.05) is 0 Å². The number of hydrogen-bond acceptors (Lipinski definition) is 2.